The molecule has 0 saturated heterocycles. The van der Waals surface area contributed by atoms with Crippen molar-refractivity contribution in [3.05, 3.63) is 59.7 Å². The van der Waals surface area contributed by atoms with Gasteiger partial charge >= 0.3 is 24.0 Å². The number of benzene rings is 2. The van der Waals surface area contributed by atoms with Gasteiger partial charge in [-0.15, -0.1) is 0 Å². The lowest BCUT2D eigenvalue weighted by molar-refractivity contribution is -0.159. The van der Waals surface area contributed by atoms with Gasteiger partial charge in [0.05, 0.1) is 0 Å². The van der Waals surface area contributed by atoms with Gasteiger partial charge in [0, 0.05) is 31.6 Å². The molecule has 0 fully saturated rings. The molecular formula is C50H74N2O10. The number of fused-ring (bicyclic) bond motifs is 3. The first-order chi connectivity index (χ1) is 29.4. The van der Waals surface area contributed by atoms with Crippen molar-refractivity contribution >= 4 is 35.7 Å². The molecule has 0 spiro atoms. The van der Waals surface area contributed by atoms with E-state index in [9.17, 15) is 33.9 Å². The van der Waals surface area contributed by atoms with Crippen molar-refractivity contribution < 1.29 is 48.1 Å². The number of hydrogen-bond acceptors (Lipinski definition) is 9. The summed E-state index contributed by atoms with van der Waals surface area (Å²) in [7, 11) is 0. The molecular weight excluding hydrogens is 789 g/mol. The summed E-state index contributed by atoms with van der Waals surface area (Å²) in [6.45, 7) is 10.9. The van der Waals surface area contributed by atoms with E-state index < -0.39 is 41.3 Å². The predicted octanol–water partition coefficient (Wildman–Crippen LogP) is 10.5. The monoisotopic (exact) mass is 863 g/mol. The number of alkyl carbamates (subject to hydrolysis) is 1. The number of carboxylic acids is 1. The molecule has 344 valence electrons. The molecule has 2 aromatic carbocycles. The molecule has 2 atom stereocenters. The van der Waals surface area contributed by atoms with Gasteiger partial charge < -0.3 is 30.0 Å². The summed E-state index contributed by atoms with van der Waals surface area (Å²) < 4.78 is 16.4. The van der Waals surface area contributed by atoms with Crippen LogP contribution in [0.15, 0.2) is 48.5 Å². The SMILES string of the molecule is CC(C)(C)OC(=O)CCCCCCCCCCCCCCCCC(=O)N[C@@H](CCC(=O)CC[C@H](NC(=O)OCC1c2ccccc2-c2ccccc21)C(=O)O)C(=O)OC(C)(C)C. The van der Waals surface area contributed by atoms with Crippen LogP contribution in [0.5, 0.6) is 0 Å². The van der Waals surface area contributed by atoms with Crippen LogP contribution in [0.3, 0.4) is 0 Å². The Morgan fingerprint density at radius 2 is 1.00 bits per heavy atom. The van der Waals surface area contributed by atoms with Crippen molar-refractivity contribution in [3.63, 3.8) is 0 Å². The lowest BCUT2D eigenvalue weighted by Crippen LogP contribution is -2.44. The van der Waals surface area contributed by atoms with Gasteiger partial charge in [0.2, 0.25) is 5.91 Å². The quantitative estimate of drug-likeness (QED) is 0.0406. The topological polar surface area (TPSA) is 174 Å². The number of aliphatic carboxylic acids is 1. The first-order valence-electron chi connectivity index (χ1n) is 23.0. The molecule has 0 saturated carbocycles. The molecule has 0 bridgehead atoms. The minimum atomic E-state index is -1.35. The van der Waals surface area contributed by atoms with Crippen molar-refractivity contribution in [2.24, 2.45) is 0 Å². The van der Waals surface area contributed by atoms with Gasteiger partial charge in [-0.2, -0.15) is 0 Å². The van der Waals surface area contributed by atoms with Crippen LogP contribution < -0.4 is 10.6 Å². The molecule has 3 rings (SSSR count). The van der Waals surface area contributed by atoms with Crippen molar-refractivity contribution in [3.8, 4) is 11.1 Å². The number of nitrogens with one attached hydrogen (secondary N) is 2. The standard InChI is InChI=1S/C50H74N2O10/c1-49(2,3)61-45(55)30-20-18-16-14-12-10-8-7-9-11-13-15-17-19-29-44(54)51-43(47(58)62-50(4,5)6)34-32-36(53)31-33-42(46(56)57)52-48(59)60-35-41-39-27-23-21-25-37(39)38-26-22-24-28-40(38)41/h21-28,41-43H,7-20,29-35H2,1-6H3,(H,51,54)(H,52,59)(H,56,57)/t42-,43-/m0/s1. The Labute approximate surface area is 370 Å². The maximum Gasteiger partial charge on any atom is 0.407 e. The van der Waals surface area contributed by atoms with E-state index in [0.29, 0.717) is 12.8 Å². The lowest BCUT2D eigenvalue weighted by atomic mass is 9.98. The number of Topliss-reactive ketones (excluding diaryl/α,β-unsaturated/α-hetero) is 1. The summed E-state index contributed by atoms with van der Waals surface area (Å²) in [5.74, 6) is -2.81. The molecule has 1 aliphatic rings. The highest BCUT2D eigenvalue weighted by Crippen LogP contribution is 2.44. The Morgan fingerprint density at radius 3 is 1.47 bits per heavy atom. The molecule has 0 aliphatic heterocycles. The molecule has 0 unspecified atom stereocenters. The van der Waals surface area contributed by atoms with Crippen LogP contribution in [0.25, 0.3) is 11.1 Å². The number of unbranched alkanes of at least 4 members (excludes halogenated alkanes) is 13. The first-order valence-corrected chi connectivity index (χ1v) is 23.0. The van der Waals surface area contributed by atoms with Gasteiger partial charge in [0.1, 0.15) is 35.7 Å². The van der Waals surface area contributed by atoms with E-state index in [0.717, 1.165) is 60.8 Å². The normalized spacial score (nSPS) is 13.3. The Bertz CT molecular complexity index is 1700. The molecule has 12 nitrogen and oxygen atoms in total. The molecule has 0 heterocycles. The van der Waals surface area contributed by atoms with E-state index in [2.05, 4.69) is 10.6 Å². The number of carboxylic acid groups (broad SMARTS) is 1. The molecule has 0 radical (unpaired) electrons. The fourth-order valence-corrected chi connectivity index (χ4v) is 7.73. The average Bonchev–Trinajstić information content (AvgIpc) is 3.51. The number of ketones is 1. The van der Waals surface area contributed by atoms with Gasteiger partial charge in [-0.1, -0.05) is 126 Å². The summed E-state index contributed by atoms with van der Waals surface area (Å²) in [4.78, 5) is 75.5. The number of hydrogen-bond donors (Lipinski definition) is 3. The van der Waals surface area contributed by atoms with Gasteiger partial charge in [-0.05, 0) is 89.5 Å². The largest absolute Gasteiger partial charge is 0.480 e. The Hall–Kier alpha value is -4.74. The average molecular weight is 863 g/mol. The number of esters is 2. The number of carbonyl (C=O) groups excluding carboxylic acids is 5. The third-order valence-electron chi connectivity index (χ3n) is 10.8. The zero-order chi connectivity index (χ0) is 45.5. The van der Waals surface area contributed by atoms with Crippen LogP contribution in [0.4, 0.5) is 4.79 Å². The van der Waals surface area contributed by atoms with Crippen LogP contribution in [0, 0.1) is 0 Å². The third-order valence-corrected chi connectivity index (χ3v) is 10.8. The smallest absolute Gasteiger partial charge is 0.407 e. The highest BCUT2D eigenvalue weighted by molar-refractivity contribution is 5.86. The number of rotatable bonds is 29. The molecule has 3 N–H and O–H groups in total. The number of ether oxygens (including phenoxy) is 3. The van der Waals surface area contributed by atoms with Crippen LogP contribution >= 0.6 is 0 Å². The Balaban J connectivity index is 1.29. The molecule has 12 heteroatoms. The van der Waals surface area contributed by atoms with E-state index in [4.69, 9.17) is 14.2 Å². The summed E-state index contributed by atoms with van der Waals surface area (Å²) in [6, 6.07) is 13.4. The van der Waals surface area contributed by atoms with E-state index >= 15 is 0 Å². The van der Waals surface area contributed by atoms with E-state index in [1.165, 1.54) is 44.9 Å². The fourth-order valence-electron chi connectivity index (χ4n) is 7.73. The molecule has 2 aromatic rings. The van der Waals surface area contributed by atoms with Gasteiger partial charge in [0.15, 0.2) is 0 Å². The second kappa shape index (κ2) is 26.7. The molecule has 62 heavy (non-hydrogen) atoms. The number of carbonyl (C=O) groups is 6. The summed E-state index contributed by atoms with van der Waals surface area (Å²) in [5, 5.41) is 15.0. The van der Waals surface area contributed by atoms with Gasteiger partial charge in [-0.25, -0.2) is 14.4 Å². The zero-order valence-electron chi connectivity index (χ0n) is 38.3. The molecule has 0 aromatic heterocycles. The second-order valence-corrected chi connectivity index (χ2v) is 18.7. The predicted molar refractivity (Wildman–Crippen MR) is 241 cm³/mol. The van der Waals surface area contributed by atoms with Crippen LogP contribution in [-0.2, 0) is 38.2 Å². The van der Waals surface area contributed by atoms with E-state index in [1.54, 1.807) is 20.8 Å². The minimum Gasteiger partial charge on any atom is -0.480 e. The zero-order valence-corrected chi connectivity index (χ0v) is 38.3. The first kappa shape index (κ1) is 51.6. The van der Waals surface area contributed by atoms with Crippen molar-refractivity contribution in [1.82, 2.24) is 10.6 Å². The summed E-state index contributed by atoms with van der Waals surface area (Å²) in [6.07, 6.45) is 14.9. The van der Waals surface area contributed by atoms with Crippen LogP contribution in [0.2, 0.25) is 0 Å². The van der Waals surface area contributed by atoms with Gasteiger partial charge in [0.25, 0.3) is 0 Å². The Morgan fingerprint density at radius 1 is 0.565 bits per heavy atom. The molecule has 1 aliphatic carbocycles. The number of amides is 2. The lowest BCUT2D eigenvalue weighted by Gasteiger charge is -2.24. The Kier molecular flexibility index (Phi) is 22.2. The highest BCUT2D eigenvalue weighted by atomic mass is 16.6. The maximum atomic E-state index is 13.0. The molecule has 2 amide bonds. The van der Waals surface area contributed by atoms with Crippen molar-refractivity contribution in [2.45, 2.75) is 199 Å². The third kappa shape index (κ3) is 20.4. The van der Waals surface area contributed by atoms with Crippen LogP contribution in [-0.4, -0.2) is 70.7 Å². The highest BCUT2D eigenvalue weighted by Gasteiger charge is 2.31. The van der Waals surface area contributed by atoms with E-state index in [1.807, 2.05) is 69.3 Å². The van der Waals surface area contributed by atoms with Crippen molar-refractivity contribution in [1.29, 1.82) is 0 Å². The summed E-state index contributed by atoms with van der Waals surface area (Å²) in [5.41, 5.74) is 2.99. The maximum absolute atomic E-state index is 13.0. The second-order valence-electron chi connectivity index (χ2n) is 18.7. The van der Waals surface area contributed by atoms with E-state index in [-0.39, 0.29) is 62.3 Å². The van der Waals surface area contributed by atoms with Gasteiger partial charge in [-0.3, -0.25) is 14.4 Å². The fraction of sp³-hybridized carbons (Fsp3) is 0.640. The minimum absolute atomic E-state index is 0.00683. The summed E-state index contributed by atoms with van der Waals surface area (Å²) >= 11 is 0. The van der Waals surface area contributed by atoms with Crippen LogP contribution in [0.1, 0.15) is 187 Å². The van der Waals surface area contributed by atoms with Crippen molar-refractivity contribution in [2.75, 3.05) is 6.61 Å².